The van der Waals surface area contributed by atoms with Crippen LogP contribution in [0.2, 0.25) is 0 Å². The second-order valence-corrected chi connectivity index (χ2v) is 17.0. The van der Waals surface area contributed by atoms with Gasteiger partial charge in [0.25, 0.3) is 0 Å². The van der Waals surface area contributed by atoms with Crippen LogP contribution >= 0.6 is 0 Å². The lowest BCUT2D eigenvalue weighted by atomic mass is 9.84. The van der Waals surface area contributed by atoms with Gasteiger partial charge in [0.05, 0.1) is 23.1 Å². The van der Waals surface area contributed by atoms with Crippen LogP contribution in [0, 0.1) is 0 Å². The monoisotopic (exact) mass is 832 g/mol. The molecule has 2 aliphatic rings. The summed E-state index contributed by atoms with van der Waals surface area (Å²) in [6.45, 7) is 0. The quantitative estimate of drug-likeness (QED) is 0.163. The number of hydrogen-bond donors (Lipinski definition) is 2. The Labute approximate surface area is 376 Å². The van der Waals surface area contributed by atoms with E-state index in [-0.39, 0.29) is 12.3 Å². The maximum absolute atomic E-state index is 6.48. The van der Waals surface area contributed by atoms with Crippen LogP contribution in [0.15, 0.2) is 219 Å². The first-order valence-electron chi connectivity index (χ1n) is 22.2. The fraction of sp³-hybridized carbons (Fsp3) is 0.0333. The summed E-state index contributed by atoms with van der Waals surface area (Å²) in [6.07, 6.45) is 3.46. The third-order valence-electron chi connectivity index (χ3n) is 13.2. The molecule has 11 aromatic rings. The molecule has 0 amide bonds. The number of fused-ring (bicyclic) bond motifs is 11. The van der Waals surface area contributed by atoms with Crippen molar-refractivity contribution in [1.82, 2.24) is 9.97 Å². The summed E-state index contributed by atoms with van der Waals surface area (Å²) in [6, 6.07) is 73.9. The first-order valence-corrected chi connectivity index (χ1v) is 22.2. The van der Waals surface area contributed by atoms with E-state index in [4.69, 9.17) is 14.7 Å². The van der Waals surface area contributed by atoms with Crippen LogP contribution in [0.3, 0.4) is 0 Å². The van der Waals surface area contributed by atoms with E-state index in [0.29, 0.717) is 0 Å². The maximum atomic E-state index is 6.48. The Morgan fingerprint density at radius 2 is 0.954 bits per heavy atom. The van der Waals surface area contributed by atoms with E-state index in [9.17, 15) is 0 Å². The number of benzene rings is 9. The van der Waals surface area contributed by atoms with Gasteiger partial charge < -0.3 is 15.4 Å². The fourth-order valence-electron chi connectivity index (χ4n) is 10.1. The van der Waals surface area contributed by atoms with Gasteiger partial charge in [-0.1, -0.05) is 140 Å². The van der Waals surface area contributed by atoms with Gasteiger partial charge in [-0.25, -0.2) is 0 Å². The summed E-state index contributed by atoms with van der Waals surface area (Å²) in [5.74, 6) is 0.877. The molecule has 9 aromatic carbocycles. The topological polar surface area (TPSA) is 59.1 Å². The Hall–Kier alpha value is -8.54. The molecule has 0 spiro atoms. The average Bonchev–Trinajstić information content (AvgIpc) is 3.84. The van der Waals surface area contributed by atoms with Gasteiger partial charge in [-0.05, 0) is 132 Å². The number of ether oxygens (including phenoxy) is 1. The van der Waals surface area contributed by atoms with Crippen molar-refractivity contribution in [1.29, 1.82) is 0 Å². The number of pyridine rings is 2. The van der Waals surface area contributed by atoms with Crippen LogP contribution in [0.5, 0.6) is 5.75 Å². The molecule has 65 heavy (non-hydrogen) atoms. The van der Waals surface area contributed by atoms with Gasteiger partial charge in [-0.2, -0.15) is 0 Å². The minimum atomic E-state index is -0.236. The van der Waals surface area contributed by atoms with Crippen molar-refractivity contribution in [3.05, 3.63) is 235 Å². The van der Waals surface area contributed by atoms with E-state index in [1.54, 1.807) is 0 Å². The Balaban J connectivity index is 0.868. The molecule has 5 heteroatoms. The van der Waals surface area contributed by atoms with Gasteiger partial charge >= 0.3 is 0 Å². The van der Waals surface area contributed by atoms with Crippen molar-refractivity contribution < 1.29 is 4.74 Å². The van der Waals surface area contributed by atoms with E-state index in [2.05, 4.69) is 187 Å². The highest BCUT2D eigenvalue weighted by Crippen LogP contribution is 2.53. The van der Waals surface area contributed by atoms with Crippen molar-refractivity contribution in [2.45, 2.75) is 12.3 Å². The molecule has 0 saturated heterocycles. The number of nitrogens with zero attached hydrogens (tertiary/aromatic N) is 2. The molecule has 0 aliphatic carbocycles. The standard InChI is InChI=1S/C60H40N4O/c1-2-12-39(13-3-1)60-64-59-56(65-60)29-28-50-57(59)49-16-6-7-19-55(49)63-58(50)38-22-20-37(21-23-38)40-24-26-47-48-27-25-41(36-52(48)46-15-5-4-14-45(46)51(47)35-40)42-32-43(53-17-8-10-30-61-53)34-44(33-42)54-18-9-11-31-62-54/h1-36,58,60,63-64H. The molecule has 0 bridgehead atoms. The van der Waals surface area contributed by atoms with Crippen LogP contribution in [0.4, 0.5) is 11.4 Å². The number of para-hydroxylation sites is 1. The van der Waals surface area contributed by atoms with Crippen molar-refractivity contribution >= 4 is 43.7 Å². The molecule has 2 aliphatic heterocycles. The van der Waals surface area contributed by atoms with Gasteiger partial charge in [-0.3, -0.25) is 9.97 Å². The number of aromatic nitrogens is 2. The first kappa shape index (κ1) is 37.1. The summed E-state index contributed by atoms with van der Waals surface area (Å²) in [5, 5.41) is 15.0. The molecule has 2 aromatic heterocycles. The average molecular weight is 833 g/mol. The highest BCUT2D eigenvalue weighted by molar-refractivity contribution is 6.26. The molecule has 5 nitrogen and oxygen atoms in total. The van der Waals surface area contributed by atoms with E-state index >= 15 is 0 Å². The van der Waals surface area contributed by atoms with Gasteiger partial charge in [0, 0.05) is 45.9 Å². The number of anilines is 2. The largest absolute Gasteiger partial charge is 0.464 e. The summed E-state index contributed by atoms with van der Waals surface area (Å²) in [4.78, 5) is 9.41. The Bertz CT molecular complexity index is 3550. The minimum Gasteiger partial charge on any atom is -0.464 e. The number of rotatable bonds is 6. The predicted molar refractivity (Wildman–Crippen MR) is 267 cm³/mol. The molecule has 13 rings (SSSR count). The third kappa shape index (κ3) is 6.31. The van der Waals surface area contributed by atoms with Crippen LogP contribution in [0.1, 0.15) is 29.0 Å². The van der Waals surface area contributed by atoms with Crippen LogP contribution in [-0.2, 0) is 0 Å². The van der Waals surface area contributed by atoms with E-state index in [1.807, 2.05) is 42.7 Å². The molecular weight excluding hydrogens is 793 g/mol. The second kappa shape index (κ2) is 15.1. The molecule has 306 valence electrons. The third-order valence-corrected chi connectivity index (χ3v) is 13.2. The molecule has 2 N–H and O–H groups in total. The zero-order valence-corrected chi connectivity index (χ0v) is 35.2. The lowest BCUT2D eigenvalue weighted by molar-refractivity contribution is 0.260. The van der Waals surface area contributed by atoms with E-state index < -0.39 is 0 Å². The van der Waals surface area contributed by atoms with Crippen LogP contribution < -0.4 is 15.4 Å². The van der Waals surface area contributed by atoms with Crippen molar-refractivity contribution in [3.8, 4) is 61.6 Å². The Kier molecular flexibility index (Phi) is 8.59. The van der Waals surface area contributed by atoms with Gasteiger partial charge in [0.15, 0.2) is 6.23 Å². The Morgan fingerprint density at radius 1 is 0.385 bits per heavy atom. The molecule has 2 atom stereocenters. The number of nitrogens with one attached hydrogen (secondary N) is 2. The molecular formula is C60H40N4O. The normalized spacial score (nSPS) is 14.8. The van der Waals surface area contributed by atoms with Crippen LogP contribution in [-0.4, -0.2) is 9.97 Å². The molecule has 0 saturated carbocycles. The second-order valence-electron chi connectivity index (χ2n) is 17.0. The smallest absolute Gasteiger partial charge is 0.196 e. The summed E-state index contributed by atoms with van der Waals surface area (Å²) >= 11 is 0. The fourth-order valence-corrected chi connectivity index (χ4v) is 10.1. The van der Waals surface area contributed by atoms with E-state index in [1.165, 1.54) is 65.7 Å². The van der Waals surface area contributed by atoms with Gasteiger partial charge in [-0.15, -0.1) is 0 Å². The van der Waals surface area contributed by atoms with Crippen molar-refractivity contribution in [3.63, 3.8) is 0 Å². The molecule has 0 radical (unpaired) electrons. The highest BCUT2D eigenvalue weighted by Gasteiger charge is 2.33. The summed E-state index contributed by atoms with van der Waals surface area (Å²) in [5.41, 5.74) is 16.7. The first-order chi connectivity index (χ1) is 32.2. The summed E-state index contributed by atoms with van der Waals surface area (Å²) < 4.78 is 6.48. The summed E-state index contributed by atoms with van der Waals surface area (Å²) in [7, 11) is 0. The minimum absolute atomic E-state index is 0.0345. The van der Waals surface area contributed by atoms with E-state index in [0.717, 1.165) is 56.3 Å². The number of hydrogen-bond acceptors (Lipinski definition) is 5. The zero-order chi connectivity index (χ0) is 42.8. The zero-order valence-electron chi connectivity index (χ0n) is 35.2. The van der Waals surface area contributed by atoms with Gasteiger partial charge in [0.2, 0.25) is 0 Å². The molecule has 4 heterocycles. The van der Waals surface area contributed by atoms with Crippen molar-refractivity contribution in [2.75, 3.05) is 10.6 Å². The highest BCUT2D eigenvalue weighted by atomic mass is 16.5. The SMILES string of the molecule is c1ccc(C2Nc3c(ccc4c3-c3ccccc3NC4c3ccc(-c4ccc5c6ccc(-c7cc(-c8ccccn8)cc(-c8ccccn8)c7)cc6c6ccccc6c5c4)cc3)O2)cc1. The molecule has 0 fully saturated rings. The molecule has 2 unspecified atom stereocenters. The van der Waals surface area contributed by atoms with Gasteiger partial charge in [0.1, 0.15) is 5.75 Å². The van der Waals surface area contributed by atoms with Crippen molar-refractivity contribution in [2.24, 2.45) is 0 Å². The lowest BCUT2D eigenvalue weighted by Gasteiger charge is -2.31. The van der Waals surface area contributed by atoms with Crippen LogP contribution in [0.25, 0.3) is 88.2 Å². The Morgan fingerprint density at radius 3 is 1.62 bits per heavy atom. The predicted octanol–water partition coefficient (Wildman–Crippen LogP) is 15.3. The maximum Gasteiger partial charge on any atom is 0.196 e. The lowest BCUT2D eigenvalue weighted by Crippen LogP contribution is -2.18.